The van der Waals surface area contributed by atoms with Crippen molar-refractivity contribution >= 4 is 34.1 Å². The Morgan fingerprint density at radius 3 is 2.47 bits per heavy atom. The molecule has 38 heavy (non-hydrogen) atoms. The number of nitriles is 1. The summed E-state index contributed by atoms with van der Waals surface area (Å²) in [5.41, 5.74) is 5.47. The molecule has 0 atom stereocenters. The molecule has 0 bridgehead atoms. The van der Waals surface area contributed by atoms with Crippen LogP contribution < -0.4 is 10.1 Å². The van der Waals surface area contributed by atoms with Crippen molar-refractivity contribution in [3.05, 3.63) is 108 Å². The van der Waals surface area contributed by atoms with Gasteiger partial charge in [0.2, 0.25) is 5.91 Å². The first-order chi connectivity index (χ1) is 18.6. The van der Waals surface area contributed by atoms with Gasteiger partial charge >= 0.3 is 0 Å². The van der Waals surface area contributed by atoms with Gasteiger partial charge in [-0.1, -0.05) is 96.2 Å². The van der Waals surface area contributed by atoms with Crippen molar-refractivity contribution in [3.63, 3.8) is 0 Å². The second kappa shape index (κ2) is 11.2. The monoisotopic (exact) mass is 515 g/mol. The SMILES string of the molecule is COc1ccccc1-c1cc(-c2ccc(C)cc2)nc(SCC(=O)Nc2cccc3ccccc23)c1C#N. The molecule has 0 aliphatic heterocycles. The van der Waals surface area contributed by atoms with Crippen molar-refractivity contribution in [1.82, 2.24) is 4.98 Å². The van der Waals surface area contributed by atoms with Gasteiger partial charge in [0.25, 0.3) is 0 Å². The zero-order valence-electron chi connectivity index (χ0n) is 21.1. The first-order valence-electron chi connectivity index (χ1n) is 12.1. The molecule has 1 heterocycles. The Kier molecular flexibility index (Phi) is 7.39. The van der Waals surface area contributed by atoms with Crippen LogP contribution in [0, 0.1) is 18.3 Å². The summed E-state index contributed by atoms with van der Waals surface area (Å²) in [6, 6.07) is 33.7. The molecular formula is C32H25N3O2S. The van der Waals surface area contributed by atoms with Crippen LogP contribution in [-0.4, -0.2) is 23.8 Å². The van der Waals surface area contributed by atoms with Gasteiger partial charge in [-0.15, -0.1) is 0 Å². The molecule has 5 aromatic rings. The zero-order chi connectivity index (χ0) is 26.5. The smallest absolute Gasteiger partial charge is 0.234 e. The number of nitrogens with one attached hydrogen (secondary N) is 1. The van der Waals surface area contributed by atoms with Gasteiger partial charge in [0.1, 0.15) is 16.8 Å². The average molecular weight is 516 g/mol. The number of pyridine rings is 1. The summed E-state index contributed by atoms with van der Waals surface area (Å²) in [4.78, 5) is 17.8. The van der Waals surface area contributed by atoms with E-state index in [1.54, 1.807) is 7.11 Å². The van der Waals surface area contributed by atoms with E-state index >= 15 is 0 Å². The number of aryl methyl sites for hydroxylation is 1. The van der Waals surface area contributed by atoms with Gasteiger partial charge in [-0.2, -0.15) is 5.26 Å². The standard InChI is InChI=1S/C32H25N3O2S/c1-21-14-16-23(17-15-21)29-18-26(25-11-5-6-13-30(25)37-2)27(19-33)32(35-29)38-20-31(36)34-28-12-7-9-22-8-3-4-10-24(22)28/h3-18H,20H2,1-2H3,(H,34,36). The van der Waals surface area contributed by atoms with E-state index in [2.05, 4.69) is 11.4 Å². The van der Waals surface area contributed by atoms with Crippen molar-refractivity contribution in [2.45, 2.75) is 11.9 Å². The van der Waals surface area contributed by atoms with Crippen molar-refractivity contribution < 1.29 is 9.53 Å². The van der Waals surface area contributed by atoms with Crippen LogP contribution in [0.4, 0.5) is 5.69 Å². The maximum Gasteiger partial charge on any atom is 0.234 e. The topological polar surface area (TPSA) is 75.0 Å². The highest BCUT2D eigenvalue weighted by Gasteiger charge is 2.19. The van der Waals surface area contributed by atoms with Crippen molar-refractivity contribution in [1.29, 1.82) is 5.26 Å². The van der Waals surface area contributed by atoms with E-state index in [1.807, 2.05) is 104 Å². The first kappa shape index (κ1) is 25.1. The first-order valence-corrected chi connectivity index (χ1v) is 13.1. The number of carbonyl (C=O) groups excluding carboxylic acids is 1. The number of hydrogen-bond donors (Lipinski definition) is 1. The van der Waals surface area contributed by atoms with Crippen LogP contribution in [0.1, 0.15) is 11.1 Å². The van der Waals surface area contributed by atoms with Gasteiger partial charge in [-0.05, 0) is 30.5 Å². The number of hydrogen-bond acceptors (Lipinski definition) is 5. The summed E-state index contributed by atoms with van der Waals surface area (Å²) in [5, 5.41) is 15.7. The number of benzene rings is 4. The second-order valence-electron chi connectivity index (χ2n) is 8.78. The minimum absolute atomic E-state index is 0.105. The highest BCUT2D eigenvalue weighted by Crippen LogP contribution is 2.38. The second-order valence-corrected chi connectivity index (χ2v) is 9.74. The van der Waals surface area contributed by atoms with Crippen molar-refractivity contribution in [2.75, 3.05) is 18.2 Å². The Morgan fingerprint density at radius 2 is 1.68 bits per heavy atom. The molecule has 5 rings (SSSR count). The Balaban J connectivity index is 1.51. The highest BCUT2D eigenvalue weighted by molar-refractivity contribution is 8.00. The summed E-state index contributed by atoms with van der Waals surface area (Å²) < 4.78 is 5.60. The number of para-hydroxylation sites is 1. The predicted molar refractivity (Wildman–Crippen MR) is 154 cm³/mol. The molecule has 0 aliphatic rings. The molecule has 1 aromatic heterocycles. The van der Waals surface area contributed by atoms with Gasteiger partial charge < -0.3 is 10.1 Å². The average Bonchev–Trinajstić information content (AvgIpc) is 2.96. The lowest BCUT2D eigenvalue weighted by molar-refractivity contribution is -0.113. The molecule has 0 fully saturated rings. The van der Waals surface area contributed by atoms with Crippen LogP contribution in [0.3, 0.4) is 0 Å². The lowest BCUT2D eigenvalue weighted by Gasteiger charge is -2.15. The van der Waals surface area contributed by atoms with E-state index in [0.717, 1.165) is 38.8 Å². The van der Waals surface area contributed by atoms with Crippen LogP contribution >= 0.6 is 11.8 Å². The van der Waals surface area contributed by atoms with E-state index in [1.165, 1.54) is 11.8 Å². The van der Waals surface area contributed by atoms with Crippen LogP contribution in [0.25, 0.3) is 33.2 Å². The number of methoxy groups -OCH3 is 1. The van der Waals surface area contributed by atoms with E-state index in [9.17, 15) is 10.1 Å². The number of thioether (sulfide) groups is 1. The Bertz CT molecular complexity index is 1670. The molecule has 0 saturated heterocycles. The maximum absolute atomic E-state index is 13.0. The number of amides is 1. The van der Waals surface area contributed by atoms with E-state index in [-0.39, 0.29) is 11.7 Å². The number of fused-ring (bicyclic) bond motifs is 1. The molecule has 6 heteroatoms. The Hall–Kier alpha value is -4.60. The molecular weight excluding hydrogens is 490 g/mol. The fourth-order valence-electron chi connectivity index (χ4n) is 4.34. The fraction of sp³-hybridized carbons (Fsp3) is 0.0938. The number of nitrogens with zero attached hydrogens (tertiary/aromatic N) is 2. The van der Waals surface area contributed by atoms with Gasteiger partial charge in [-0.3, -0.25) is 4.79 Å². The number of ether oxygens (including phenoxy) is 1. The van der Waals surface area contributed by atoms with Crippen molar-refractivity contribution in [2.24, 2.45) is 0 Å². The third-order valence-electron chi connectivity index (χ3n) is 6.25. The van der Waals surface area contributed by atoms with E-state index in [4.69, 9.17) is 9.72 Å². The maximum atomic E-state index is 13.0. The molecule has 0 unspecified atom stereocenters. The van der Waals surface area contributed by atoms with Crippen LogP contribution in [0.2, 0.25) is 0 Å². The largest absolute Gasteiger partial charge is 0.496 e. The van der Waals surface area contributed by atoms with Gasteiger partial charge in [0, 0.05) is 27.8 Å². The molecule has 0 radical (unpaired) electrons. The van der Waals surface area contributed by atoms with E-state index in [0.29, 0.717) is 21.9 Å². The van der Waals surface area contributed by atoms with Gasteiger partial charge in [0.05, 0.1) is 24.1 Å². The summed E-state index contributed by atoms with van der Waals surface area (Å²) >= 11 is 1.25. The Morgan fingerprint density at radius 1 is 0.947 bits per heavy atom. The molecule has 1 amide bonds. The quantitative estimate of drug-likeness (QED) is 0.227. The van der Waals surface area contributed by atoms with Gasteiger partial charge in [-0.25, -0.2) is 4.98 Å². The minimum Gasteiger partial charge on any atom is -0.496 e. The molecule has 186 valence electrons. The zero-order valence-corrected chi connectivity index (χ0v) is 21.9. The normalized spacial score (nSPS) is 10.7. The summed E-state index contributed by atoms with van der Waals surface area (Å²) in [5.74, 6) is 0.597. The van der Waals surface area contributed by atoms with Crippen LogP contribution in [-0.2, 0) is 4.79 Å². The fourth-order valence-corrected chi connectivity index (χ4v) is 5.14. The number of anilines is 1. The molecule has 5 nitrogen and oxygen atoms in total. The number of aromatic nitrogens is 1. The number of carbonyl (C=O) groups is 1. The van der Waals surface area contributed by atoms with Crippen LogP contribution in [0.15, 0.2) is 102 Å². The summed E-state index contributed by atoms with van der Waals surface area (Å²) in [6.07, 6.45) is 0. The number of rotatable bonds is 7. The summed E-state index contributed by atoms with van der Waals surface area (Å²) in [7, 11) is 1.61. The van der Waals surface area contributed by atoms with E-state index < -0.39 is 0 Å². The van der Waals surface area contributed by atoms with Crippen molar-refractivity contribution in [3.8, 4) is 34.2 Å². The lowest BCUT2D eigenvalue weighted by atomic mass is 9.98. The highest BCUT2D eigenvalue weighted by atomic mass is 32.2. The molecule has 0 saturated carbocycles. The molecule has 0 spiro atoms. The minimum atomic E-state index is -0.170. The van der Waals surface area contributed by atoms with Crippen LogP contribution in [0.5, 0.6) is 5.75 Å². The third kappa shape index (κ3) is 5.24. The molecule has 4 aromatic carbocycles. The third-order valence-corrected chi connectivity index (χ3v) is 7.22. The molecule has 0 aliphatic carbocycles. The lowest BCUT2D eigenvalue weighted by Crippen LogP contribution is -2.14. The Labute approximate surface area is 226 Å². The van der Waals surface area contributed by atoms with Gasteiger partial charge in [0.15, 0.2) is 0 Å². The summed E-state index contributed by atoms with van der Waals surface area (Å²) in [6.45, 7) is 2.03. The molecule has 1 N–H and O–H groups in total. The predicted octanol–water partition coefficient (Wildman–Crippen LogP) is 7.49.